The van der Waals surface area contributed by atoms with Gasteiger partial charge in [-0.25, -0.2) is 4.39 Å². The van der Waals surface area contributed by atoms with Gasteiger partial charge in [0.2, 0.25) is 0 Å². The van der Waals surface area contributed by atoms with Crippen LogP contribution in [0.1, 0.15) is 50.5 Å². The summed E-state index contributed by atoms with van der Waals surface area (Å²) in [7, 11) is 0. The fraction of sp³-hybridized carbons (Fsp3) is 0.467. The Morgan fingerprint density at radius 1 is 1.33 bits per heavy atom. The summed E-state index contributed by atoms with van der Waals surface area (Å²) in [6.07, 6.45) is 4.30. The van der Waals surface area contributed by atoms with Crippen LogP contribution in [0.2, 0.25) is 0 Å². The zero-order valence-corrected chi connectivity index (χ0v) is 10.7. The first-order valence-corrected chi connectivity index (χ1v) is 6.37. The molecule has 0 bridgehead atoms. The van der Waals surface area contributed by atoms with Crippen molar-refractivity contribution in [2.75, 3.05) is 0 Å². The van der Waals surface area contributed by atoms with Crippen LogP contribution in [0, 0.1) is 17.1 Å². The molecule has 0 N–H and O–H groups in total. The maximum Gasteiger partial charge on any atom is 0.154 e. The first-order valence-electron chi connectivity index (χ1n) is 6.37. The van der Waals surface area contributed by atoms with E-state index in [1.54, 1.807) is 12.1 Å². The molecule has 0 saturated carbocycles. The Balaban J connectivity index is 2.64. The fourth-order valence-corrected chi connectivity index (χ4v) is 1.89. The van der Waals surface area contributed by atoms with Crippen LogP contribution < -0.4 is 0 Å². The number of Topliss-reactive ketones (excluding diaryl/α,β-unsaturated/α-hetero) is 1. The van der Waals surface area contributed by atoms with Crippen molar-refractivity contribution < 1.29 is 9.18 Å². The number of nitriles is 1. The Kier molecular flexibility index (Phi) is 6.07. The minimum Gasteiger partial charge on any atom is -0.298 e. The molecule has 18 heavy (non-hydrogen) atoms. The van der Waals surface area contributed by atoms with Crippen LogP contribution in [0.3, 0.4) is 0 Å². The van der Waals surface area contributed by atoms with Crippen LogP contribution in [0.25, 0.3) is 0 Å². The second-order valence-corrected chi connectivity index (χ2v) is 4.36. The average Bonchev–Trinajstić information content (AvgIpc) is 2.38. The predicted octanol–water partition coefficient (Wildman–Crippen LogP) is 3.97. The number of carbonyl (C=O) groups is 1. The van der Waals surface area contributed by atoms with Crippen LogP contribution in [0.5, 0.6) is 0 Å². The van der Waals surface area contributed by atoms with Crippen molar-refractivity contribution >= 4 is 5.78 Å². The summed E-state index contributed by atoms with van der Waals surface area (Å²) in [5.74, 6) is -1.63. The Morgan fingerprint density at radius 3 is 2.67 bits per heavy atom. The van der Waals surface area contributed by atoms with Crippen LogP contribution >= 0.6 is 0 Å². The molecule has 1 aromatic carbocycles. The second kappa shape index (κ2) is 7.60. The van der Waals surface area contributed by atoms with Gasteiger partial charge >= 0.3 is 0 Å². The number of nitrogens with zero attached hydrogens (tertiary/aromatic N) is 1. The largest absolute Gasteiger partial charge is 0.298 e. The lowest BCUT2D eigenvalue weighted by Gasteiger charge is -2.09. The van der Waals surface area contributed by atoms with Gasteiger partial charge in [-0.2, -0.15) is 5.26 Å². The minimum absolute atomic E-state index is 0.182. The van der Waals surface area contributed by atoms with Crippen LogP contribution in [-0.4, -0.2) is 5.78 Å². The molecule has 0 heterocycles. The molecule has 0 aliphatic carbocycles. The van der Waals surface area contributed by atoms with Crippen molar-refractivity contribution in [2.24, 2.45) is 0 Å². The van der Waals surface area contributed by atoms with Crippen molar-refractivity contribution in [3.8, 4) is 6.07 Å². The number of benzene rings is 1. The van der Waals surface area contributed by atoms with Gasteiger partial charge in [0.25, 0.3) is 0 Å². The lowest BCUT2D eigenvalue weighted by atomic mass is 9.92. The van der Waals surface area contributed by atoms with Crippen molar-refractivity contribution in [3.63, 3.8) is 0 Å². The summed E-state index contributed by atoms with van der Waals surface area (Å²) in [6, 6.07) is 7.90. The van der Waals surface area contributed by atoms with Crippen molar-refractivity contribution in [1.29, 1.82) is 5.26 Å². The van der Waals surface area contributed by atoms with E-state index in [1.807, 2.05) is 6.07 Å². The second-order valence-electron chi connectivity index (χ2n) is 4.36. The van der Waals surface area contributed by atoms with Gasteiger partial charge in [0.15, 0.2) is 5.78 Å². The third-order valence-corrected chi connectivity index (χ3v) is 2.94. The van der Waals surface area contributed by atoms with Gasteiger partial charge in [-0.1, -0.05) is 44.4 Å². The maximum atomic E-state index is 13.5. The number of hydrogen-bond donors (Lipinski definition) is 0. The van der Waals surface area contributed by atoms with E-state index in [0.717, 1.165) is 25.7 Å². The first kappa shape index (κ1) is 14.4. The Hall–Kier alpha value is -1.69. The number of hydrogen-bond acceptors (Lipinski definition) is 2. The summed E-state index contributed by atoms with van der Waals surface area (Å²) < 4.78 is 13.5. The fourth-order valence-electron chi connectivity index (χ4n) is 1.89. The number of carbonyl (C=O) groups excluding carboxylic acids is 1. The molecule has 0 radical (unpaired) electrons. The first-order chi connectivity index (χ1) is 8.70. The van der Waals surface area contributed by atoms with Gasteiger partial charge in [-0.3, -0.25) is 4.79 Å². The minimum atomic E-state index is -0.965. The zero-order valence-electron chi connectivity index (χ0n) is 10.7. The highest BCUT2D eigenvalue weighted by Gasteiger charge is 2.22. The van der Waals surface area contributed by atoms with E-state index in [2.05, 4.69) is 6.92 Å². The van der Waals surface area contributed by atoms with E-state index in [-0.39, 0.29) is 11.3 Å². The highest BCUT2D eigenvalue weighted by Crippen LogP contribution is 2.21. The number of unbranched alkanes of at least 4 members (excludes halogenated alkanes) is 3. The van der Waals surface area contributed by atoms with Crippen molar-refractivity contribution in [1.82, 2.24) is 0 Å². The molecule has 0 spiro atoms. The molecular weight excluding hydrogens is 229 g/mol. The summed E-state index contributed by atoms with van der Waals surface area (Å²) in [5, 5.41) is 9.04. The maximum absolute atomic E-state index is 13.5. The van der Waals surface area contributed by atoms with E-state index < -0.39 is 11.7 Å². The van der Waals surface area contributed by atoms with Gasteiger partial charge < -0.3 is 0 Å². The molecule has 0 aliphatic heterocycles. The third kappa shape index (κ3) is 3.96. The number of ketones is 1. The topological polar surface area (TPSA) is 40.9 Å². The third-order valence-electron chi connectivity index (χ3n) is 2.94. The van der Waals surface area contributed by atoms with Crippen LogP contribution in [0.15, 0.2) is 24.3 Å². The highest BCUT2D eigenvalue weighted by atomic mass is 19.1. The standard InChI is InChI=1S/C15H18FNO/c1-2-3-4-5-10-15(18)13(11-17)12-8-6-7-9-14(12)16/h6-9,13H,2-5,10H2,1H3. The summed E-state index contributed by atoms with van der Waals surface area (Å²) >= 11 is 0. The molecule has 0 saturated heterocycles. The van der Waals surface area contributed by atoms with E-state index in [0.29, 0.717) is 6.42 Å². The van der Waals surface area contributed by atoms with Gasteiger partial charge in [-0.15, -0.1) is 0 Å². The van der Waals surface area contributed by atoms with Gasteiger partial charge in [0.05, 0.1) is 6.07 Å². The van der Waals surface area contributed by atoms with E-state index in [4.69, 9.17) is 5.26 Å². The molecule has 2 nitrogen and oxygen atoms in total. The molecule has 1 rings (SSSR count). The van der Waals surface area contributed by atoms with Crippen molar-refractivity contribution in [2.45, 2.75) is 44.9 Å². The molecule has 1 atom stereocenters. The summed E-state index contributed by atoms with van der Waals surface area (Å²) in [5.41, 5.74) is 0.195. The molecule has 0 aliphatic rings. The van der Waals surface area contributed by atoms with Crippen LogP contribution in [0.4, 0.5) is 4.39 Å². The molecular formula is C15H18FNO. The zero-order chi connectivity index (χ0) is 13.4. The molecule has 1 unspecified atom stereocenters. The Morgan fingerprint density at radius 2 is 2.06 bits per heavy atom. The SMILES string of the molecule is CCCCCCC(=O)C(C#N)c1ccccc1F. The summed E-state index contributed by atoms with van der Waals surface area (Å²) in [4.78, 5) is 11.9. The Labute approximate surface area is 107 Å². The monoisotopic (exact) mass is 247 g/mol. The van der Waals surface area contributed by atoms with Crippen molar-refractivity contribution in [3.05, 3.63) is 35.6 Å². The quantitative estimate of drug-likeness (QED) is 0.684. The Bertz CT molecular complexity index is 436. The molecule has 0 fully saturated rings. The highest BCUT2D eigenvalue weighted by molar-refractivity contribution is 5.88. The molecule has 0 aromatic heterocycles. The number of halogens is 1. The van der Waals surface area contributed by atoms with E-state index >= 15 is 0 Å². The predicted molar refractivity (Wildman–Crippen MR) is 68.5 cm³/mol. The number of rotatable bonds is 7. The average molecular weight is 247 g/mol. The summed E-state index contributed by atoms with van der Waals surface area (Å²) in [6.45, 7) is 2.10. The molecule has 96 valence electrons. The van der Waals surface area contributed by atoms with Gasteiger partial charge in [0, 0.05) is 12.0 Å². The lowest BCUT2D eigenvalue weighted by molar-refractivity contribution is -0.119. The smallest absolute Gasteiger partial charge is 0.154 e. The normalized spacial score (nSPS) is 11.8. The molecule has 0 amide bonds. The van der Waals surface area contributed by atoms with Crippen LogP contribution in [-0.2, 0) is 4.79 Å². The lowest BCUT2D eigenvalue weighted by Crippen LogP contribution is -2.12. The molecule has 1 aromatic rings. The van der Waals surface area contributed by atoms with Gasteiger partial charge in [0.1, 0.15) is 11.7 Å². The van der Waals surface area contributed by atoms with E-state index in [9.17, 15) is 9.18 Å². The van der Waals surface area contributed by atoms with E-state index in [1.165, 1.54) is 12.1 Å². The van der Waals surface area contributed by atoms with Gasteiger partial charge in [-0.05, 0) is 12.5 Å². The molecule has 3 heteroatoms.